The molecule has 1 heterocycles. The minimum absolute atomic E-state index is 1.03. The highest BCUT2D eigenvalue weighted by Crippen LogP contribution is 2.13. The smallest absolute Gasteiger partial charge is 0.0134 e. The summed E-state index contributed by atoms with van der Waals surface area (Å²) in [5.41, 5.74) is 1.62. The van der Waals surface area contributed by atoms with Crippen LogP contribution in [0, 0.1) is 0 Å². The molecule has 0 amide bonds. The predicted octanol–water partition coefficient (Wildman–Crippen LogP) is 0.858. The highest BCUT2D eigenvalue weighted by atomic mass is 15.1. The summed E-state index contributed by atoms with van der Waals surface area (Å²) in [6.45, 7) is 3.49. The summed E-state index contributed by atoms with van der Waals surface area (Å²) in [5.74, 6) is 0. The topological polar surface area (TPSA) is 15.3 Å². The molecule has 1 aliphatic heterocycles. The number of likely N-dealkylation sites (N-methyl/N-ethyl adjacent to an activating group) is 1. The van der Waals surface area contributed by atoms with Crippen molar-refractivity contribution in [1.29, 1.82) is 0 Å². The Morgan fingerprint density at radius 1 is 1.45 bits per heavy atom. The van der Waals surface area contributed by atoms with Crippen molar-refractivity contribution in [2.75, 3.05) is 33.7 Å². The molecule has 0 saturated carbocycles. The van der Waals surface area contributed by atoms with Gasteiger partial charge in [-0.1, -0.05) is 11.6 Å². The van der Waals surface area contributed by atoms with E-state index in [1.54, 1.807) is 5.57 Å². The second-order valence-corrected chi connectivity index (χ2v) is 3.22. The molecule has 0 aromatic rings. The van der Waals surface area contributed by atoms with Gasteiger partial charge in [0, 0.05) is 19.6 Å². The highest BCUT2D eigenvalue weighted by molar-refractivity contribution is 5.06. The van der Waals surface area contributed by atoms with Gasteiger partial charge in [0.05, 0.1) is 0 Å². The van der Waals surface area contributed by atoms with Gasteiger partial charge in [-0.3, -0.25) is 0 Å². The number of rotatable bonds is 2. The predicted molar refractivity (Wildman–Crippen MR) is 48.7 cm³/mol. The lowest BCUT2D eigenvalue weighted by Gasteiger charge is -2.23. The van der Waals surface area contributed by atoms with Gasteiger partial charge in [0.2, 0.25) is 0 Å². The van der Waals surface area contributed by atoms with Crippen molar-refractivity contribution in [3.63, 3.8) is 0 Å². The minimum Gasteiger partial charge on any atom is -0.316 e. The van der Waals surface area contributed by atoms with Crippen LogP contribution in [-0.2, 0) is 0 Å². The van der Waals surface area contributed by atoms with Crippen molar-refractivity contribution in [3.05, 3.63) is 11.6 Å². The van der Waals surface area contributed by atoms with Gasteiger partial charge >= 0.3 is 0 Å². The van der Waals surface area contributed by atoms with Gasteiger partial charge < -0.3 is 10.2 Å². The van der Waals surface area contributed by atoms with Crippen molar-refractivity contribution in [2.45, 2.75) is 12.8 Å². The van der Waals surface area contributed by atoms with Crippen LogP contribution in [0.3, 0.4) is 0 Å². The number of nitrogens with one attached hydrogen (secondary N) is 1. The number of hydrogen-bond donors (Lipinski definition) is 1. The molecule has 1 saturated heterocycles. The summed E-state index contributed by atoms with van der Waals surface area (Å²) in [5, 5.41) is 3.14. The molecule has 1 aliphatic rings. The zero-order valence-electron chi connectivity index (χ0n) is 7.56. The minimum atomic E-state index is 1.03. The van der Waals surface area contributed by atoms with Gasteiger partial charge in [0.15, 0.2) is 0 Å². The normalized spacial score (nSPS) is 20.4. The Balaban J connectivity index is 2.26. The van der Waals surface area contributed by atoms with Crippen LogP contribution in [0.2, 0.25) is 0 Å². The number of hydrogen-bond acceptors (Lipinski definition) is 2. The quantitative estimate of drug-likeness (QED) is 0.593. The third kappa shape index (κ3) is 3.04. The Labute approximate surface area is 69.3 Å². The molecule has 11 heavy (non-hydrogen) atoms. The molecule has 2 heteroatoms. The largest absolute Gasteiger partial charge is 0.316 e. The standard InChI is InChI=1S/C9H18N2/c1-10-6-3-9-4-7-11(2)8-5-9/h3,10H,4-8H2,1-2H3. The van der Waals surface area contributed by atoms with Crippen LogP contribution in [0.5, 0.6) is 0 Å². The SMILES string of the molecule is CNCC=C1CCN(C)CC1. The number of piperidine rings is 1. The van der Waals surface area contributed by atoms with Crippen LogP contribution in [-0.4, -0.2) is 38.6 Å². The molecule has 0 spiro atoms. The van der Waals surface area contributed by atoms with Crippen LogP contribution in [0.1, 0.15) is 12.8 Å². The van der Waals surface area contributed by atoms with E-state index >= 15 is 0 Å². The van der Waals surface area contributed by atoms with Crippen LogP contribution in [0.15, 0.2) is 11.6 Å². The molecular weight excluding hydrogens is 136 g/mol. The first-order valence-corrected chi connectivity index (χ1v) is 4.34. The van der Waals surface area contributed by atoms with E-state index in [0.29, 0.717) is 0 Å². The van der Waals surface area contributed by atoms with E-state index in [0.717, 1.165) is 6.54 Å². The molecule has 0 aromatic carbocycles. The second kappa shape index (κ2) is 4.52. The highest BCUT2D eigenvalue weighted by Gasteiger charge is 2.08. The van der Waals surface area contributed by atoms with E-state index in [1.165, 1.54) is 25.9 Å². The first-order chi connectivity index (χ1) is 5.33. The third-order valence-corrected chi connectivity index (χ3v) is 2.22. The molecule has 0 radical (unpaired) electrons. The zero-order valence-corrected chi connectivity index (χ0v) is 7.56. The molecule has 1 rings (SSSR count). The molecule has 0 atom stereocenters. The fraction of sp³-hybridized carbons (Fsp3) is 0.778. The average Bonchev–Trinajstić information content (AvgIpc) is 2.04. The van der Waals surface area contributed by atoms with Gasteiger partial charge in [-0.25, -0.2) is 0 Å². The van der Waals surface area contributed by atoms with Crippen LogP contribution < -0.4 is 5.32 Å². The average molecular weight is 154 g/mol. The van der Waals surface area contributed by atoms with Crippen LogP contribution in [0.4, 0.5) is 0 Å². The first kappa shape index (κ1) is 8.75. The van der Waals surface area contributed by atoms with Crippen molar-refractivity contribution < 1.29 is 0 Å². The van der Waals surface area contributed by atoms with E-state index in [2.05, 4.69) is 23.3 Å². The van der Waals surface area contributed by atoms with Crippen molar-refractivity contribution in [1.82, 2.24) is 10.2 Å². The van der Waals surface area contributed by atoms with E-state index in [-0.39, 0.29) is 0 Å². The van der Waals surface area contributed by atoms with Gasteiger partial charge in [0.1, 0.15) is 0 Å². The maximum Gasteiger partial charge on any atom is 0.0134 e. The summed E-state index contributed by atoms with van der Waals surface area (Å²) >= 11 is 0. The Morgan fingerprint density at radius 3 is 2.64 bits per heavy atom. The van der Waals surface area contributed by atoms with Crippen LogP contribution in [0.25, 0.3) is 0 Å². The lowest BCUT2D eigenvalue weighted by atomic mass is 10.0. The second-order valence-electron chi connectivity index (χ2n) is 3.22. The van der Waals surface area contributed by atoms with E-state index < -0.39 is 0 Å². The van der Waals surface area contributed by atoms with E-state index in [9.17, 15) is 0 Å². The summed E-state index contributed by atoms with van der Waals surface area (Å²) in [6, 6.07) is 0. The van der Waals surface area contributed by atoms with Crippen LogP contribution >= 0.6 is 0 Å². The molecular formula is C9H18N2. The summed E-state index contributed by atoms with van der Waals surface area (Å²) < 4.78 is 0. The van der Waals surface area contributed by atoms with Crippen molar-refractivity contribution in [2.24, 2.45) is 0 Å². The zero-order chi connectivity index (χ0) is 8.10. The molecule has 2 nitrogen and oxygen atoms in total. The molecule has 64 valence electrons. The fourth-order valence-corrected chi connectivity index (χ4v) is 1.36. The summed E-state index contributed by atoms with van der Waals surface area (Å²) in [7, 11) is 4.18. The molecule has 1 N–H and O–H groups in total. The summed E-state index contributed by atoms with van der Waals surface area (Å²) in [6.07, 6.45) is 4.85. The first-order valence-electron chi connectivity index (χ1n) is 4.34. The maximum absolute atomic E-state index is 3.14. The monoisotopic (exact) mass is 154 g/mol. The molecule has 0 unspecified atom stereocenters. The Morgan fingerprint density at radius 2 is 2.09 bits per heavy atom. The molecule has 0 bridgehead atoms. The lowest BCUT2D eigenvalue weighted by Crippen LogP contribution is -2.26. The maximum atomic E-state index is 3.14. The van der Waals surface area contributed by atoms with Gasteiger partial charge in [0.25, 0.3) is 0 Å². The van der Waals surface area contributed by atoms with Gasteiger partial charge in [-0.05, 0) is 26.9 Å². The van der Waals surface area contributed by atoms with E-state index in [4.69, 9.17) is 0 Å². The molecule has 1 fully saturated rings. The van der Waals surface area contributed by atoms with Crippen molar-refractivity contribution >= 4 is 0 Å². The van der Waals surface area contributed by atoms with Crippen molar-refractivity contribution in [3.8, 4) is 0 Å². The number of likely N-dealkylation sites (tertiary alicyclic amines) is 1. The van der Waals surface area contributed by atoms with Gasteiger partial charge in [-0.2, -0.15) is 0 Å². The Hall–Kier alpha value is -0.340. The summed E-state index contributed by atoms with van der Waals surface area (Å²) in [4.78, 5) is 2.39. The lowest BCUT2D eigenvalue weighted by molar-refractivity contribution is 0.312. The molecule has 0 aromatic heterocycles. The number of nitrogens with zero attached hydrogens (tertiary/aromatic N) is 1. The fourth-order valence-electron chi connectivity index (χ4n) is 1.36. The van der Waals surface area contributed by atoms with Gasteiger partial charge in [-0.15, -0.1) is 0 Å². The van der Waals surface area contributed by atoms with E-state index in [1.807, 2.05) is 7.05 Å². The Kier molecular flexibility index (Phi) is 3.60. The third-order valence-electron chi connectivity index (χ3n) is 2.22. The molecule has 0 aliphatic carbocycles. The Bertz CT molecular complexity index is 130.